The van der Waals surface area contributed by atoms with Crippen LogP contribution in [0.3, 0.4) is 0 Å². The highest BCUT2D eigenvalue weighted by Crippen LogP contribution is 2.55. The standard InChI is InChI=1S/C41H51N3O4/c1-4-16-44(3)25-37-27(2)38(34-10-8-28(26-45)9-11-34)48-39(47-37)35-14-12-33(13-15-35)36-7-5-6-29(20-36)24-42-40(46)43-41-21-30-17-31(22-41)19-32(18-30)23-41/h4-15,20,27,30-32,37-39,45H,1,16-19,21-26H2,2-3H3,(H2,42,43,46). The van der Waals surface area contributed by atoms with E-state index in [1.807, 2.05) is 18.2 Å². The summed E-state index contributed by atoms with van der Waals surface area (Å²) in [6, 6.07) is 24.8. The van der Waals surface area contributed by atoms with E-state index in [1.165, 1.54) is 19.3 Å². The lowest BCUT2D eigenvalue weighted by atomic mass is 9.53. The maximum atomic E-state index is 13.1. The van der Waals surface area contributed by atoms with Crippen LogP contribution >= 0.6 is 0 Å². The number of nitrogens with one attached hydrogen (secondary N) is 2. The number of aliphatic hydroxyl groups is 1. The van der Waals surface area contributed by atoms with Crippen LogP contribution in [-0.2, 0) is 22.6 Å². The molecule has 7 heteroatoms. The Balaban J connectivity index is 1.01. The summed E-state index contributed by atoms with van der Waals surface area (Å²) in [7, 11) is 2.08. The smallest absolute Gasteiger partial charge is 0.315 e. The summed E-state index contributed by atoms with van der Waals surface area (Å²) in [5, 5.41) is 16.1. The number of carbonyl (C=O) groups excluding carboxylic acids is 1. The van der Waals surface area contributed by atoms with E-state index in [0.29, 0.717) is 6.54 Å². The number of hydrogen-bond acceptors (Lipinski definition) is 5. The van der Waals surface area contributed by atoms with E-state index < -0.39 is 6.29 Å². The Bertz CT molecular complexity index is 1540. The number of rotatable bonds is 11. The molecule has 0 spiro atoms. The Morgan fingerprint density at radius 1 is 0.917 bits per heavy atom. The summed E-state index contributed by atoms with van der Waals surface area (Å²) in [4.78, 5) is 15.3. The molecule has 4 unspecified atom stereocenters. The van der Waals surface area contributed by atoms with Gasteiger partial charge in [-0.05, 0) is 97.2 Å². The van der Waals surface area contributed by atoms with Crippen molar-refractivity contribution in [1.29, 1.82) is 0 Å². The largest absolute Gasteiger partial charge is 0.392 e. The Labute approximate surface area is 285 Å². The number of amides is 2. The first-order valence-electron chi connectivity index (χ1n) is 17.8. The molecule has 254 valence electrons. The fourth-order valence-corrected chi connectivity index (χ4v) is 9.35. The predicted octanol–water partition coefficient (Wildman–Crippen LogP) is 7.52. The van der Waals surface area contributed by atoms with E-state index >= 15 is 0 Å². The van der Waals surface area contributed by atoms with Crippen molar-refractivity contribution in [2.45, 2.75) is 82.6 Å². The maximum Gasteiger partial charge on any atom is 0.315 e. The van der Waals surface area contributed by atoms with Crippen molar-refractivity contribution in [1.82, 2.24) is 15.5 Å². The molecule has 4 bridgehead atoms. The minimum atomic E-state index is -0.511. The van der Waals surface area contributed by atoms with E-state index in [0.717, 1.165) is 83.5 Å². The lowest BCUT2D eigenvalue weighted by Gasteiger charge is -2.56. The van der Waals surface area contributed by atoms with Gasteiger partial charge in [0.1, 0.15) is 0 Å². The van der Waals surface area contributed by atoms with E-state index in [2.05, 4.69) is 96.7 Å². The highest BCUT2D eigenvalue weighted by molar-refractivity contribution is 5.75. The van der Waals surface area contributed by atoms with Gasteiger partial charge in [-0.2, -0.15) is 0 Å². The third-order valence-electron chi connectivity index (χ3n) is 11.4. The van der Waals surface area contributed by atoms with Gasteiger partial charge in [-0.3, -0.25) is 0 Å². The summed E-state index contributed by atoms with van der Waals surface area (Å²) in [6.07, 6.45) is 8.76. The number of ether oxygens (including phenoxy) is 2. The molecule has 4 aliphatic carbocycles. The summed E-state index contributed by atoms with van der Waals surface area (Å²) >= 11 is 0. The molecular formula is C41H51N3O4. The van der Waals surface area contributed by atoms with Gasteiger partial charge in [0, 0.05) is 36.7 Å². The van der Waals surface area contributed by atoms with E-state index in [4.69, 9.17) is 9.47 Å². The molecular weight excluding hydrogens is 598 g/mol. The predicted molar refractivity (Wildman–Crippen MR) is 189 cm³/mol. The summed E-state index contributed by atoms with van der Waals surface area (Å²) in [5.41, 5.74) is 6.23. The van der Waals surface area contributed by atoms with Crippen LogP contribution in [0.1, 0.15) is 80.1 Å². The van der Waals surface area contributed by atoms with Crippen molar-refractivity contribution in [3.05, 3.63) is 108 Å². The molecule has 48 heavy (non-hydrogen) atoms. The Morgan fingerprint density at radius 2 is 1.58 bits per heavy atom. The zero-order valence-electron chi connectivity index (χ0n) is 28.4. The lowest BCUT2D eigenvalue weighted by Crippen LogP contribution is -2.61. The highest BCUT2D eigenvalue weighted by Gasteiger charge is 2.51. The van der Waals surface area contributed by atoms with E-state index in [-0.39, 0.29) is 36.3 Å². The zero-order chi connectivity index (χ0) is 33.3. The molecule has 1 saturated heterocycles. The molecule has 2 amide bonds. The van der Waals surface area contributed by atoms with E-state index in [1.54, 1.807) is 0 Å². The fourth-order valence-electron chi connectivity index (χ4n) is 9.35. The molecule has 8 rings (SSSR count). The van der Waals surface area contributed by atoms with E-state index in [9.17, 15) is 9.90 Å². The lowest BCUT2D eigenvalue weighted by molar-refractivity contribution is -0.275. The van der Waals surface area contributed by atoms with Crippen molar-refractivity contribution >= 4 is 6.03 Å². The Kier molecular flexibility index (Phi) is 9.75. The van der Waals surface area contributed by atoms with Gasteiger partial charge < -0.3 is 30.1 Å². The van der Waals surface area contributed by atoms with Gasteiger partial charge in [-0.1, -0.05) is 79.7 Å². The first kappa shape index (κ1) is 33.0. The van der Waals surface area contributed by atoms with Gasteiger partial charge in [0.15, 0.2) is 6.29 Å². The topological polar surface area (TPSA) is 83.1 Å². The van der Waals surface area contributed by atoms with Crippen LogP contribution < -0.4 is 10.6 Å². The van der Waals surface area contributed by atoms with Crippen LogP contribution in [0.2, 0.25) is 0 Å². The molecule has 0 radical (unpaired) electrons. The third kappa shape index (κ3) is 7.25. The first-order valence-corrected chi connectivity index (χ1v) is 17.8. The average Bonchev–Trinajstić information content (AvgIpc) is 3.08. The first-order chi connectivity index (χ1) is 23.3. The van der Waals surface area contributed by atoms with Crippen LogP contribution in [0.25, 0.3) is 11.1 Å². The monoisotopic (exact) mass is 649 g/mol. The van der Waals surface area contributed by atoms with Crippen LogP contribution in [0, 0.1) is 23.7 Å². The number of nitrogens with zero attached hydrogens (tertiary/aromatic N) is 1. The van der Waals surface area contributed by atoms with Crippen LogP contribution in [0.15, 0.2) is 85.5 Å². The van der Waals surface area contributed by atoms with Crippen molar-refractivity contribution in [2.24, 2.45) is 23.7 Å². The van der Waals surface area contributed by atoms with Gasteiger partial charge in [0.05, 0.1) is 18.8 Å². The number of urea groups is 1. The van der Waals surface area contributed by atoms with Crippen LogP contribution in [0.4, 0.5) is 4.79 Å². The van der Waals surface area contributed by atoms with Crippen molar-refractivity contribution in [2.75, 3.05) is 20.1 Å². The second-order valence-corrected chi connectivity index (χ2v) is 15.2. The molecule has 3 aromatic carbocycles. The normalized spacial score (nSPS) is 30.7. The Hall–Kier alpha value is -3.49. The van der Waals surface area contributed by atoms with Gasteiger partial charge in [-0.15, -0.1) is 6.58 Å². The fraction of sp³-hybridized carbons (Fsp3) is 0.488. The van der Waals surface area contributed by atoms with Crippen molar-refractivity contribution in [3.8, 4) is 11.1 Å². The van der Waals surface area contributed by atoms with Gasteiger partial charge >= 0.3 is 6.03 Å². The van der Waals surface area contributed by atoms with Gasteiger partial charge in [-0.25, -0.2) is 4.79 Å². The van der Waals surface area contributed by atoms with Crippen molar-refractivity contribution < 1.29 is 19.4 Å². The molecule has 4 atom stereocenters. The van der Waals surface area contributed by atoms with Crippen LogP contribution in [-0.4, -0.2) is 47.8 Å². The molecule has 0 aromatic heterocycles. The zero-order valence-corrected chi connectivity index (χ0v) is 28.4. The Morgan fingerprint density at radius 3 is 2.23 bits per heavy atom. The summed E-state index contributed by atoms with van der Waals surface area (Å²) in [5.74, 6) is 2.53. The number of aliphatic hydroxyl groups excluding tert-OH is 1. The maximum absolute atomic E-state index is 13.1. The average molecular weight is 650 g/mol. The minimum absolute atomic E-state index is 0.0122. The molecule has 1 heterocycles. The highest BCUT2D eigenvalue weighted by atomic mass is 16.7. The second-order valence-electron chi connectivity index (χ2n) is 15.2. The minimum Gasteiger partial charge on any atom is -0.392 e. The number of carbonyl (C=O) groups is 1. The molecule has 4 saturated carbocycles. The van der Waals surface area contributed by atoms with Crippen LogP contribution in [0.5, 0.6) is 0 Å². The molecule has 3 N–H and O–H groups in total. The number of benzene rings is 3. The third-order valence-corrected chi connectivity index (χ3v) is 11.4. The molecule has 5 fully saturated rings. The molecule has 3 aromatic rings. The summed E-state index contributed by atoms with van der Waals surface area (Å²) in [6.45, 7) is 8.14. The molecule has 1 aliphatic heterocycles. The summed E-state index contributed by atoms with van der Waals surface area (Å²) < 4.78 is 13.3. The second kappa shape index (κ2) is 14.2. The molecule has 7 nitrogen and oxygen atoms in total. The number of likely N-dealkylation sites (N-methyl/N-ethyl adjacent to an activating group) is 1. The van der Waals surface area contributed by atoms with Gasteiger partial charge in [0.2, 0.25) is 0 Å². The van der Waals surface area contributed by atoms with Gasteiger partial charge in [0.25, 0.3) is 0 Å². The van der Waals surface area contributed by atoms with Crippen molar-refractivity contribution in [3.63, 3.8) is 0 Å². The quantitative estimate of drug-likeness (QED) is 0.187. The number of hydrogen-bond donors (Lipinski definition) is 3. The molecule has 5 aliphatic rings. The SMILES string of the molecule is C=CCN(C)CC1OC(c2ccc(-c3cccc(CNC(=O)NC45CC6CC(CC(C6)C4)C5)c3)cc2)OC(c2ccc(CO)cc2)C1C.